The molecule has 19 heavy (non-hydrogen) atoms. The predicted molar refractivity (Wildman–Crippen MR) is 99.5 cm³/mol. The molecule has 0 aromatic carbocycles. The minimum atomic E-state index is 1.03. The predicted octanol–water partition coefficient (Wildman–Crippen LogP) is 5.58. The lowest BCUT2D eigenvalue weighted by Crippen LogP contribution is -1.95. The van der Waals surface area contributed by atoms with E-state index in [1.54, 1.807) is 46.2 Å². The summed E-state index contributed by atoms with van der Waals surface area (Å²) < 4.78 is 6.39. The van der Waals surface area contributed by atoms with Crippen molar-refractivity contribution in [2.75, 3.05) is 0 Å². The molecule has 2 aliphatic heterocycles. The van der Waals surface area contributed by atoms with Crippen LogP contribution in [0, 0.1) is 3.82 Å². The molecule has 0 amide bonds. The van der Waals surface area contributed by atoms with Crippen LogP contribution in [0.25, 0.3) is 8.47 Å². The minimum Gasteiger partial charge on any atom is -0.150 e. The molecule has 0 N–H and O–H groups in total. The van der Waals surface area contributed by atoms with E-state index in [1.807, 2.05) is 34.9 Å². The van der Waals surface area contributed by atoms with E-state index in [0.29, 0.717) is 0 Å². The standard InChI is InChI=1S/C11H4S8/c12-8-7(9-14-1-2-15-9)18-11(19-8)10-16-5-3-13-4-6(5)17-10/h1-4H. The Kier molecular flexibility index (Phi) is 3.96. The Balaban J connectivity index is 1.87. The van der Waals surface area contributed by atoms with Crippen LogP contribution in [0.5, 0.6) is 0 Å². The first-order valence-corrected chi connectivity index (χ1v) is 11.5. The SMILES string of the molecule is S=c1sc(=C2Sc3cscc3S2)sc1=C1SC=CS1. The van der Waals surface area contributed by atoms with Gasteiger partial charge in [0.05, 0.1) is 13.0 Å². The molecule has 0 fully saturated rings. The molecule has 2 aromatic rings. The summed E-state index contributed by atoms with van der Waals surface area (Å²) in [6.07, 6.45) is 0. The van der Waals surface area contributed by atoms with Crippen LogP contribution in [-0.2, 0) is 0 Å². The van der Waals surface area contributed by atoms with Gasteiger partial charge in [-0.15, -0.1) is 22.7 Å². The maximum absolute atomic E-state index is 5.53. The average Bonchev–Trinajstić information content (AvgIpc) is 3.11. The Morgan fingerprint density at radius 1 is 0.842 bits per heavy atom. The highest BCUT2D eigenvalue weighted by Crippen LogP contribution is 2.53. The Hall–Kier alpha value is 0.850. The fourth-order valence-corrected chi connectivity index (χ4v) is 10.7. The molecule has 0 spiro atoms. The van der Waals surface area contributed by atoms with E-state index < -0.39 is 0 Å². The molecule has 0 aliphatic carbocycles. The average molecular weight is 393 g/mol. The lowest BCUT2D eigenvalue weighted by atomic mass is 10.7. The van der Waals surface area contributed by atoms with Crippen LogP contribution in [-0.4, -0.2) is 0 Å². The largest absolute Gasteiger partial charge is 0.150 e. The molecule has 0 atom stereocenters. The van der Waals surface area contributed by atoms with Gasteiger partial charge < -0.3 is 0 Å². The highest BCUT2D eigenvalue weighted by molar-refractivity contribution is 8.35. The van der Waals surface area contributed by atoms with Crippen LogP contribution in [0.1, 0.15) is 0 Å². The third kappa shape index (κ3) is 2.55. The van der Waals surface area contributed by atoms with Gasteiger partial charge in [0.15, 0.2) is 0 Å². The van der Waals surface area contributed by atoms with Gasteiger partial charge in [-0.25, -0.2) is 0 Å². The van der Waals surface area contributed by atoms with Crippen molar-refractivity contribution >= 4 is 102 Å². The second-order valence-corrected chi connectivity index (χ2v) is 11.7. The first-order chi connectivity index (χ1) is 9.31. The molecule has 0 radical (unpaired) electrons. The van der Waals surface area contributed by atoms with E-state index in [4.69, 9.17) is 12.2 Å². The molecule has 0 saturated carbocycles. The summed E-state index contributed by atoms with van der Waals surface area (Å²) in [6, 6.07) is 0. The third-order valence-corrected chi connectivity index (χ3v) is 11.8. The summed E-state index contributed by atoms with van der Waals surface area (Å²) in [5.41, 5.74) is 0. The van der Waals surface area contributed by atoms with Crippen molar-refractivity contribution in [2.24, 2.45) is 0 Å². The van der Waals surface area contributed by atoms with Gasteiger partial charge in [-0.3, -0.25) is 0 Å². The van der Waals surface area contributed by atoms with Crippen molar-refractivity contribution < 1.29 is 0 Å². The summed E-state index contributed by atoms with van der Waals surface area (Å²) in [5, 5.41) is 8.72. The van der Waals surface area contributed by atoms with Crippen LogP contribution in [0.3, 0.4) is 0 Å². The smallest absolute Gasteiger partial charge is 0.110 e. The topological polar surface area (TPSA) is 0 Å². The highest BCUT2D eigenvalue weighted by Gasteiger charge is 2.20. The van der Waals surface area contributed by atoms with Gasteiger partial charge in [-0.2, -0.15) is 11.3 Å². The molecule has 0 unspecified atom stereocenters. The quantitative estimate of drug-likeness (QED) is 0.535. The number of thiophene rings is 1. The van der Waals surface area contributed by atoms with Gasteiger partial charge in [-0.05, 0) is 10.8 Å². The molecule has 2 aromatic heterocycles. The second-order valence-electron chi connectivity index (χ2n) is 3.50. The van der Waals surface area contributed by atoms with Gasteiger partial charge >= 0.3 is 0 Å². The Bertz CT molecular complexity index is 813. The molecular formula is C11H4S8. The molecule has 0 bridgehead atoms. The summed E-state index contributed by atoms with van der Waals surface area (Å²) in [4.78, 5) is 2.80. The number of hydrogen-bond acceptors (Lipinski definition) is 8. The fourth-order valence-electron chi connectivity index (χ4n) is 1.53. The van der Waals surface area contributed by atoms with Gasteiger partial charge in [-0.1, -0.05) is 59.3 Å². The second kappa shape index (κ2) is 5.57. The molecule has 4 heterocycles. The zero-order chi connectivity index (χ0) is 12.8. The Morgan fingerprint density at radius 2 is 1.53 bits per heavy atom. The maximum atomic E-state index is 5.53. The van der Waals surface area contributed by atoms with Crippen molar-refractivity contribution in [3.63, 3.8) is 0 Å². The summed E-state index contributed by atoms with van der Waals surface area (Å²) in [7, 11) is 0. The monoisotopic (exact) mass is 392 g/mol. The van der Waals surface area contributed by atoms with E-state index in [9.17, 15) is 0 Å². The van der Waals surface area contributed by atoms with E-state index in [0.717, 1.165) is 3.82 Å². The van der Waals surface area contributed by atoms with Gasteiger partial charge in [0.2, 0.25) is 0 Å². The number of fused-ring (bicyclic) bond motifs is 1. The van der Waals surface area contributed by atoms with E-state index >= 15 is 0 Å². The van der Waals surface area contributed by atoms with Crippen LogP contribution >= 0.6 is 93.3 Å². The molecule has 96 valence electrons. The van der Waals surface area contributed by atoms with E-state index in [-0.39, 0.29) is 0 Å². The molecule has 8 heteroatoms. The Labute approximate surface area is 144 Å². The number of thioether (sulfide) groups is 4. The zero-order valence-corrected chi connectivity index (χ0v) is 15.6. The summed E-state index contributed by atoms with van der Waals surface area (Å²) in [5.74, 6) is 0. The third-order valence-electron chi connectivity index (χ3n) is 2.32. The van der Waals surface area contributed by atoms with Gasteiger partial charge in [0, 0.05) is 20.6 Å². The van der Waals surface area contributed by atoms with Crippen molar-refractivity contribution in [2.45, 2.75) is 9.79 Å². The van der Waals surface area contributed by atoms with Crippen LogP contribution in [0.4, 0.5) is 0 Å². The van der Waals surface area contributed by atoms with Crippen LogP contribution < -0.4 is 8.38 Å². The molecule has 0 saturated heterocycles. The van der Waals surface area contributed by atoms with Crippen LogP contribution in [0.15, 0.2) is 31.4 Å². The molecule has 4 rings (SSSR count). The Morgan fingerprint density at radius 3 is 2.21 bits per heavy atom. The molecule has 2 aliphatic rings. The fraction of sp³-hybridized carbons (Fsp3) is 0. The molecule has 0 nitrogen and oxygen atoms in total. The van der Waals surface area contributed by atoms with Gasteiger partial charge in [0.25, 0.3) is 0 Å². The number of hydrogen-bond donors (Lipinski definition) is 0. The van der Waals surface area contributed by atoms with Crippen molar-refractivity contribution in [1.82, 2.24) is 0 Å². The van der Waals surface area contributed by atoms with E-state index in [1.165, 1.54) is 26.6 Å². The van der Waals surface area contributed by atoms with Gasteiger partial charge in [0.1, 0.15) is 7.67 Å². The zero-order valence-electron chi connectivity index (χ0n) is 9.08. The summed E-state index contributed by atoms with van der Waals surface area (Å²) in [6.45, 7) is 0. The maximum Gasteiger partial charge on any atom is 0.110 e. The minimum absolute atomic E-state index is 1.03. The first-order valence-electron chi connectivity index (χ1n) is 5.10. The van der Waals surface area contributed by atoms with Crippen molar-refractivity contribution in [3.05, 3.63) is 33.8 Å². The highest BCUT2D eigenvalue weighted by atomic mass is 32.2. The first kappa shape index (κ1) is 13.5. The van der Waals surface area contributed by atoms with E-state index in [2.05, 4.69) is 21.6 Å². The normalized spacial score (nSPS) is 17.5. The summed E-state index contributed by atoms with van der Waals surface area (Å²) >= 11 is 18.3. The van der Waals surface area contributed by atoms with Crippen molar-refractivity contribution in [3.8, 4) is 0 Å². The number of rotatable bonds is 0. The lowest BCUT2D eigenvalue weighted by molar-refractivity contribution is 1.36. The van der Waals surface area contributed by atoms with Crippen molar-refractivity contribution in [1.29, 1.82) is 0 Å². The van der Waals surface area contributed by atoms with Crippen LogP contribution in [0.2, 0.25) is 0 Å². The molecular weight excluding hydrogens is 389 g/mol. The lowest BCUT2D eigenvalue weighted by Gasteiger charge is -1.89.